The van der Waals surface area contributed by atoms with E-state index >= 15 is 0 Å². The lowest BCUT2D eigenvalue weighted by Crippen LogP contribution is -2.37. The number of likely N-dealkylation sites (tertiary alicyclic amines) is 1. The maximum Gasteiger partial charge on any atom is 0.228 e. The molecule has 170 valence electrons. The van der Waals surface area contributed by atoms with E-state index < -0.39 is 5.92 Å². The van der Waals surface area contributed by atoms with Gasteiger partial charge in [0.25, 0.3) is 0 Å². The van der Waals surface area contributed by atoms with Crippen LogP contribution < -0.4 is 4.74 Å². The monoisotopic (exact) mass is 474 g/mol. The minimum Gasteiger partial charge on any atom is -0.497 e. The Hall–Kier alpha value is -2.58. The van der Waals surface area contributed by atoms with Gasteiger partial charge in [0.05, 0.1) is 31.3 Å². The van der Waals surface area contributed by atoms with Gasteiger partial charge in [-0.25, -0.2) is 4.98 Å². The second-order valence-electron chi connectivity index (χ2n) is 8.07. The highest BCUT2D eigenvalue weighted by Crippen LogP contribution is 2.40. The minimum absolute atomic E-state index is 0.0219. The van der Waals surface area contributed by atoms with Gasteiger partial charge in [0, 0.05) is 31.6 Å². The van der Waals surface area contributed by atoms with Crippen LogP contribution in [0.1, 0.15) is 43.5 Å². The molecule has 2 atom stereocenters. The van der Waals surface area contributed by atoms with Gasteiger partial charge in [0.2, 0.25) is 11.8 Å². The fraction of sp³-hybridized carbons (Fsp3) is 0.435. The van der Waals surface area contributed by atoms with Gasteiger partial charge in [-0.1, -0.05) is 37.1 Å². The molecular weight excluding hydrogens is 448 g/mol. The quantitative estimate of drug-likeness (QED) is 0.485. The van der Waals surface area contributed by atoms with E-state index in [0.717, 1.165) is 34.8 Å². The number of thiazole rings is 1. The third kappa shape index (κ3) is 4.21. The molecule has 0 spiro atoms. The van der Waals surface area contributed by atoms with Crippen LogP contribution in [0.4, 0.5) is 0 Å². The first-order valence-electron chi connectivity index (χ1n) is 10.7. The van der Waals surface area contributed by atoms with Gasteiger partial charge in [0.15, 0.2) is 10.1 Å². The molecule has 0 unspecified atom stereocenters. The van der Waals surface area contributed by atoms with E-state index in [9.17, 15) is 9.59 Å². The standard InChI is InChI=1S/C23H27ClN4O3S/c1-4-5-10-28-19(29)13-17(20(28)15-6-8-16(31-3)9-7-15)22(30)26(2)14-18-21(24)25-23-27(18)11-12-32-23/h6-9,11-12,17,20H,4-5,10,13-14H2,1-3H3/t17-,20+/m1/s1. The molecule has 3 heterocycles. The summed E-state index contributed by atoms with van der Waals surface area (Å²) in [6.07, 6.45) is 3.99. The van der Waals surface area contributed by atoms with Crippen molar-refractivity contribution < 1.29 is 14.3 Å². The van der Waals surface area contributed by atoms with Crippen LogP contribution in [0.25, 0.3) is 4.96 Å². The van der Waals surface area contributed by atoms with Crippen molar-refractivity contribution >= 4 is 39.7 Å². The maximum atomic E-state index is 13.6. The molecular formula is C23H27ClN4O3S. The molecule has 1 aliphatic rings. The van der Waals surface area contributed by atoms with Gasteiger partial charge in [0.1, 0.15) is 5.75 Å². The van der Waals surface area contributed by atoms with Crippen LogP contribution in [-0.2, 0) is 16.1 Å². The van der Waals surface area contributed by atoms with Crippen LogP contribution in [0.2, 0.25) is 5.15 Å². The lowest BCUT2D eigenvalue weighted by atomic mass is 9.92. The molecule has 1 fully saturated rings. The molecule has 32 heavy (non-hydrogen) atoms. The number of benzene rings is 1. The van der Waals surface area contributed by atoms with Gasteiger partial charge in [-0.05, 0) is 24.1 Å². The lowest BCUT2D eigenvalue weighted by Gasteiger charge is -2.30. The summed E-state index contributed by atoms with van der Waals surface area (Å²) in [6, 6.07) is 7.35. The van der Waals surface area contributed by atoms with Gasteiger partial charge in [-0.15, -0.1) is 11.3 Å². The second-order valence-corrected chi connectivity index (χ2v) is 9.30. The Labute approximate surface area is 196 Å². The van der Waals surface area contributed by atoms with Gasteiger partial charge in [-0.2, -0.15) is 0 Å². The lowest BCUT2D eigenvalue weighted by molar-refractivity contribution is -0.135. The van der Waals surface area contributed by atoms with Crippen molar-refractivity contribution in [3.8, 4) is 5.75 Å². The third-order valence-corrected chi connectivity index (χ3v) is 7.09. The highest BCUT2D eigenvalue weighted by molar-refractivity contribution is 7.15. The summed E-state index contributed by atoms with van der Waals surface area (Å²) in [5.41, 5.74) is 1.72. The third-order valence-electron chi connectivity index (χ3n) is 6.03. The molecule has 0 N–H and O–H groups in total. The normalized spacial score (nSPS) is 18.5. The van der Waals surface area contributed by atoms with Crippen molar-refractivity contribution in [2.45, 2.75) is 38.8 Å². The molecule has 0 saturated carbocycles. The van der Waals surface area contributed by atoms with E-state index in [4.69, 9.17) is 16.3 Å². The maximum absolute atomic E-state index is 13.6. The number of carbonyl (C=O) groups is 2. The topological polar surface area (TPSA) is 67.2 Å². The van der Waals surface area contributed by atoms with Crippen LogP contribution in [0.5, 0.6) is 5.75 Å². The van der Waals surface area contributed by atoms with Crippen molar-refractivity contribution in [3.63, 3.8) is 0 Å². The molecule has 9 heteroatoms. The van der Waals surface area contributed by atoms with Crippen molar-refractivity contribution in [1.29, 1.82) is 0 Å². The summed E-state index contributed by atoms with van der Waals surface area (Å²) in [7, 11) is 3.38. The van der Waals surface area contributed by atoms with Crippen LogP contribution in [0.15, 0.2) is 35.8 Å². The predicted molar refractivity (Wildman–Crippen MR) is 125 cm³/mol. The van der Waals surface area contributed by atoms with E-state index in [1.165, 1.54) is 11.3 Å². The van der Waals surface area contributed by atoms with Crippen LogP contribution >= 0.6 is 22.9 Å². The summed E-state index contributed by atoms with van der Waals surface area (Å²) in [5, 5.41) is 2.33. The first-order chi connectivity index (χ1) is 15.4. The fourth-order valence-electron chi connectivity index (χ4n) is 4.35. The molecule has 0 aliphatic carbocycles. The summed E-state index contributed by atoms with van der Waals surface area (Å²) < 4.78 is 7.19. The van der Waals surface area contributed by atoms with Crippen LogP contribution in [0.3, 0.4) is 0 Å². The SMILES string of the molecule is CCCCN1C(=O)C[C@@H](C(=O)N(C)Cc2c(Cl)nc3sccn23)[C@@H]1c1ccc(OC)cc1. The number of carbonyl (C=O) groups excluding carboxylic acids is 2. The highest BCUT2D eigenvalue weighted by atomic mass is 35.5. The zero-order valence-corrected chi connectivity index (χ0v) is 20.0. The largest absolute Gasteiger partial charge is 0.497 e. The van der Waals surface area contributed by atoms with Crippen molar-refractivity contribution in [2.75, 3.05) is 20.7 Å². The van der Waals surface area contributed by atoms with E-state index in [1.807, 2.05) is 45.1 Å². The number of unbranched alkanes of at least 4 members (excludes halogenated alkanes) is 1. The number of hydrogen-bond donors (Lipinski definition) is 0. The Morgan fingerprint density at radius 1 is 1.34 bits per heavy atom. The molecule has 3 aromatic rings. The first-order valence-corrected chi connectivity index (χ1v) is 12.0. The first kappa shape index (κ1) is 22.6. The molecule has 1 aromatic carbocycles. The average Bonchev–Trinajstić information content (AvgIpc) is 3.46. The summed E-state index contributed by atoms with van der Waals surface area (Å²) in [4.78, 5) is 35.2. The molecule has 2 amide bonds. The number of methoxy groups -OCH3 is 1. The number of imidazole rings is 1. The van der Waals surface area contributed by atoms with Crippen molar-refractivity contribution in [3.05, 3.63) is 52.3 Å². The molecule has 0 radical (unpaired) electrons. The van der Waals surface area contributed by atoms with Crippen LogP contribution in [0, 0.1) is 5.92 Å². The summed E-state index contributed by atoms with van der Waals surface area (Å²) in [6.45, 7) is 3.06. The number of rotatable bonds is 8. The summed E-state index contributed by atoms with van der Waals surface area (Å²) in [5.74, 6) is 0.240. The predicted octanol–water partition coefficient (Wildman–Crippen LogP) is 4.41. The van der Waals surface area contributed by atoms with E-state index in [1.54, 1.807) is 19.1 Å². The molecule has 7 nitrogen and oxygen atoms in total. The molecule has 2 aromatic heterocycles. The Bertz CT molecular complexity index is 1110. The number of halogens is 1. The van der Waals surface area contributed by atoms with Crippen molar-refractivity contribution in [1.82, 2.24) is 19.2 Å². The zero-order valence-electron chi connectivity index (χ0n) is 18.5. The fourth-order valence-corrected chi connectivity index (χ4v) is 5.36. The average molecular weight is 475 g/mol. The highest BCUT2D eigenvalue weighted by Gasteiger charge is 2.45. The van der Waals surface area contributed by atoms with E-state index in [0.29, 0.717) is 18.2 Å². The number of nitrogens with zero attached hydrogens (tertiary/aromatic N) is 4. The Balaban J connectivity index is 1.61. The molecule has 1 saturated heterocycles. The zero-order chi connectivity index (χ0) is 22.8. The number of hydrogen-bond acceptors (Lipinski definition) is 5. The van der Waals surface area contributed by atoms with Crippen molar-refractivity contribution in [2.24, 2.45) is 5.92 Å². The minimum atomic E-state index is -0.456. The van der Waals surface area contributed by atoms with E-state index in [-0.39, 0.29) is 24.3 Å². The number of ether oxygens (including phenoxy) is 1. The number of aromatic nitrogens is 2. The molecule has 4 rings (SSSR count). The Morgan fingerprint density at radius 3 is 2.78 bits per heavy atom. The number of fused-ring (bicyclic) bond motifs is 1. The van der Waals surface area contributed by atoms with E-state index in [2.05, 4.69) is 11.9 Å². The molecule has 1 aliphatic heterocycles. The Morgan fingerprint density at radius 2 is 2.09 bits per heavy atom. The van der Waals surface area contributed by atoms with Gasteiger partial charge >= 0.3 is 0 Å². The Kier molecular flexibility index (Phi) is 6.71. The second kappa shape index (κ2) is 9.50. The summed E-state index contributed by atoms with van der Waals surface area (Å²) >= 11 is 7.83. The number of amides is 2. The van der Waals surface area contributed by atoms with Gasteiger partial charge < -0.3 is 14.5 Å². The van der Waals surface area contributed by atoms with Gasteiger partial charge in [-0.3, -0.25) is 14.0 Å². The molecule has 0 bridgehead atoms. The smallest absolute Gasteiger partial charge is 0.228 e. The van der Waals surface area contributed by atoms with Crippen LogP contribution in [-0.4, -0.2) is 51.7 Å².